The van der Waals surface area contributed by atoms with E-state index in [2.05, 4.69) is 20.4 Å². The lowest BCUT2D eigenvalue weighted by molar-refractivity contribution is 0.0952. The summed E-state index contributed by atoms with van der Waals surface area (Å²) < 4.78 is 26.4. The van der Waals surface area contributed by atoms with Gasteiger partial charge in [0.15, 0.2) is 0 Å². The quantitative estimate of drug-likeness (QED) is 0.508. The van der Waals surface area contributed by atoms with Crippen LogP contribution in [0, 0.1) is 5.82 Å². The summed E-state index contributed by atoms with van der Waals surface area (Å²) in [6.45, 7) is 0.0788. The predicted molar refractivity (Wildman–Crippen MR) is 109 cm³/mol. The molecule has 4 aromatic rings. The van der Waals surface area contributed by atoms with E-state index in [-0.39, 0.29) is 17.4 Å². The van der Waals surface area contributed by atoms with Gasteiger partial charge in [0.25, 0.3) is 5.91 Å². The molecular formula is C20H16FN5O3S. The van der Waals surface area contributed by atoms with Gasteiger partial charge < -0.3 is 10.3 Å². The lowest BCUT2D eigenvalue weighted by atomic mass is 10.1. The average molecular weight is 425 g/mol. The van der Waals surface area contributed by atoms with Crippen LogP contribution in [0.2, 0.25) is 0 Å². The van der Waals surface area contributed by atoms with Gasteiger partial charge in [0.05, 0.1) is 40.0 Å². The Bertz CT molecular complexity index is 1330. The van der Waals surface area contributed by atoms with E-state index in [9.17, 15) is 18.2 Å². The van der Waals surface area contributed by atoms with E-state index in [1.165, 1.54) is 30.7 Å². The molecule has 1 unspecified atom stereocenters. The Hall–Kier alpha value is -3.66. The summed E-state index contributed by atoms with van der Waals surface area (Å²) in [5.41, 5.74) is 1.67. The molecule has 0 saturated carbocycles. The molecule has 1 atom stereocenters. The number of nitrogens with one attached hydrogen (secondary N) is 2. The SMILES string of the molecule is CS(=O)c1cc(CNC(=O)c2cncc3c2cnn3-c2ccc(F)cc2)cc(=O)[nH]1. The predicted octanol–water partition coefficient (Wildman–Crippen LogP) is 1.92. The smallest absolute Gasteiger partial charge is 0.253 e. The van der Waals surface area contributed by atoms with Crippen molar-refractivity contribution in [1.82, 2.24) is 25.1 Å². The van der Waals surface area contributed by atoms with E-state index in [4.69, 9.17) is 0 Å². The molecule has 10 heteroatoms. The second-order valence-corrected chi connectivity index (χ2v) is 7.85. The molecule has 0 radical (unpaired) electrons. The van der Waals surface area contributed by atoms with Crippen LogP contribution in [0.1, 0.15) is 15.9 Å². The number of hydrogen-bond donors (Lipinski definition) is 2. The monoisotopic (exact) mass is 425 g/mol. The second kappa shape index (κ2) is 7.99. The largest absolute Gasteiger partial charge is 0.348 e. The number of aromatic amines is 1. The number of benzene rings is 1. The number of pyridine rings is 2. The van der Waals surface area contributed by atoms with Crippen LogP contribution in [-0.2, 0) is 17.3 Å². The van der Waals surface area contributed by atoms with Crippen molar-refractivity contribution in [1.29, 1.82) is 0 Å². The minimum absolute atomic E-state index is 0.0788. The van der Waals surface area contributed by atoms with Gasteiger partial charge in [-0.05, 0) is 35.9 Å². The molecule has 0 fully saturated rings. The van der Waals surface area contributed by atoms with Crippen molar-refractivity contribution in [2.75, 3.05) is 6.26 Å². The maximum Gasteiger partial charge on any atom is 0.253 e. The van der Waals surface area contributed by atoms with E-state index in [1.807, 2.05) is 0 Å². The summed E-state index contributed by atoms with van der Waals surface area (Å²) in [6, 6.07) is 8.72. The molecule has 0 aliphatic heterocycles. The molecule has 8 nitrogen and oxygen atoms in total. The van der Waals surface area contributed by atoms with Crippen molar-refractivity contribution in [2.24, 2.45) is 0 Å². The van der Waals surface area contributed by atoms with Crippen LogP contribution in [0.15, 0.2) is 64.8 Å². The van der Waals surface area contributed by atoms with Crippen LogP contribution in [0.3, 0.4) is 0 Å². The van der Waals surface area contributed by atoms with Crippen molar-refractivity contribution in [2.45, 2.75) is 11.6 Å². The fraction of sp³-hybridized carbons (Fsp3) is 0.100. The van der Waals surface area contributed by atoms with Crippen LogP contribution in [-0.4, -0.2) is 36.1 Å². The van der Waals surface area contributed by atoms with Gasteiger partial charge in [-0.3, -0.25) is 18.8 Å². The van der Waals surface area contributed by atoms with E-state index < -0.39 is 22.3 Å². The molecule has 0 spiro atoms. The number of carbonyl (C=O) groups excluding carboxylic acids is 1. The summed E-state index contributed by atoms with van der Waals surface area (Å²) in [4.78, 5) is 31.1. The van der Waals surface area contributed by atoms with Crippen molar-refractivity contribution in [3.63, 3.8) is 0 Å². The Morgan fingerprint density at radius 2 is 1.97 bits per heavy atom. The van der Waals surface area contributed by atoms with Crippen molar-refractivity contribution in [3.8, 4) is 5.69 Å². The van der Waals surface area contributed by atoms with Crippen LogP contribution >= 0.6 is 0 Å². The van der Waals surface area contributed by atoms with Gasteiger partial charge in [-0.1, -0.05) is 0 Å². The third-order valence-electron chi connectivity index (χ3n) is 4.46. The number of carbonyl (C=O) groups is 1. The summed E-state index contributed by atoms with van der Waals surface area (Å²) in [5.74, 6) is -0.755. The zero-order valence-electron chi connectivity index (χ0n) is 15.8. The van der Waals surface area contributed by atoms with Gasteiger partial charge in [-0.25, -0.2) is 9.07 Å². The Labute approximate surface area is 172 Å². The van der Waals surface area contributed by atoms with Gasteiger partial charge in [0, 0.05) is 30.4 Å². The topological polar surface area (TPSA) is 110 Å². The van der Waals surface area contributed by atoms with Gasteiger partial charge >= 0.3 is 0 Å². The van der Waals surface area contributed by atoms with Gasteiger partial charge in [-0.15, -0.1) is 0 Å². The van der Waals surface area contributed by atoms with Crippen LogP contribution < -0.4 is 10.9 Å². The minimum Gasteiger partial charge on any atom is -0.348 e. The molecule has 2 N–H and O–H groups in total. The maximum atomic E-state index is 13.2. The van der Waals surface area contributed by atoms with Crippen LogP contribution in [0.4, 0.5) is 4.39 Å². The van der Waals surface area contributed by atoms with E-state index >= 15 is 0 Å². The molecule has 0 aliphatic carbocycles. The minimum atomic E-state index is -1.35. The fourth-order valence-electron chi connectivity index (χ4n) is 3.02. The van der Waals surface area contributed by atoms with E-state index in [0.29, 0.717) is 27.7 Å². The Morgan fingerprint density at radius 1 is 1.20 bits per heavy atom. The summed E-state index contributed by atoms with van der Waals surface area (Å²) >= 11 is 0. The first-order valence-electron chi connectivity index (χ1n) is 8.85. The van der Waals surface area contributed by atoms with Crippen molar-refractivity contribution < 1.29 is 13.4 Å². The van der Waals surface area contributed by atoms with Gasteiger partial charge in [0.2, 0.25) is 5.56 Å². The lowest BCUT2D eigenvalue weighted by Gasteiger charge is -2.08. The average Bonchev–Trinajstić information content (AvgIpc) is 3.16. The number of fused-ring (bicyclic) bond motifs is 1. The highest BCUT2D eigenvalue weighted by Gasteiger charge is 2.15. The molecule has 4 rings (SSSR count). The highest BCUT2D eigenvalue weighted by atomic mass is 32.2. The molecule has 0 saturated heterocycles. The first kappa shape index (κ1) is 19.6. The highest BCUT2D eigenvalue weighted by Crippen LogP contribution is 2.21. The molecule has 1 aromatic carbocycles. The van der Waals surface area contributed by atoms with Crippen LogP contribution in [0.5, 0.6) is 0 Å². The molecular weight excluding hydrogens is 409 g/mol. The van der Waals surface area contributed by atoms with Gasteiger partial charge in [-0.2, -0.15) is 5.10 Å². The third kappa shape index (κ3) is 3.90. The zero-order chi connectivity index (χ0) is 21.3. The summed E-state index contributed by atoms with van der Waals surface area (Å²) in [6.07, 6.45) is 6.00. The third-order valence-corrected chi connectivity index (χ3v) is 5.29. The molecule has 1 amide bonds. The summed E-state index contributed by atoms with van der Waals surface area (Å²) in [5, 5.41) is 7.90. The molecule has 30 heavy (non-hydrogen) atoms. The Balaban J connectivity index is 1.61. The Kier molecular flexibility index (Phi) is 5.23. The number of aromatic nitrogens is 4. The first-order chi connectivity index (χ1) is 14.4. The first-order valence-corrected chi connectivity index (χ1v) is 10.4. The number of H-pyrrole nitrogens is 1. The van der Waals surface area contributed by atoms with Crippen LogP contribution in [0.25, 0.3) is 16.6 Å². The number of amides is 1. The summed E-state index contributed by atoms with van der Waals surface area (Å²) in [7, 11) is -1.35. The maximum absolute atomic E-state index is 13.2. The highest BCUT2D eigenvalue weighted by molar-refractivity contribution is 7.84. The van der Waals surface area contributed by atoms with E-state index in [0.717, 1.165) is 0 Å². The lowest BCUT2D eigenvalue weighted by Crippen LogP contribution is -2.24. The second-order valence-electron chi connectivity index (χ2n) is 6.51. The van der Waals surface area contributed by atoms with Crippen molar-refractivity contribution >= 4 is 27.6 Å². The number of hydrogen-bond acceptors (Lipinski definition) is 5. The van der Waals surface area contributed by atoms with Gasteiger partial charge in [0.1, 0.15) is 10.8 Å². The fourth-order valence-corrected chi connectivity index (χ4v) is 3.58. The standard InChI is InChI=1S/C20H16FN5O3S/c1-30(29)19-7-12(6-18(27)25-19)8-23-20(28)16-9-22-11-17-15(16)10-24-26(17)14-4-2-13(21)3-5-14/h2-7,9-11H,8H2,1H3,(H,23,28)(H,25,27). The molecule has 3 aromatic heterocycles. The normalized spacial score (nSPS) is 12.1. The van der Waals surface area contributed by atoms with E-state index in [1.54, 1.807) is 35.3 Å². The molecule has 3 heterocycles. The number of rotatable bonds is 5. The molecule has 0 bridgehead atoms. The Morgan fingerprint density at radius 3 is 2.70 bits per heavy atom. The molecule has 152 valence electrons. The zero-order valence-corrected chi connectivity index (χ0v) is 16.6. The van der Waals surface area contributed by atoms with Crippen molar-refractivity contribution in [3.05, 3.63) is 82.3 Å². The molecule has 0 aliphatic rings. The number of nitrogens with zero attached hydrogens (tertiary/aromatic N) is 3. The number of halogens is 1.